The number of hydrogen-bond donors (Lipinski definition) is 2. The Balaban J connectivity index is 3.86. The molecule has 42 heavy (non-hydrogen) atoms. The van der Waals surface area contributed by atoms with Crippen LogP contribution >= 0.6 is 7.82 Å². The SMILES string of the molecule is CCCCCCCCCCCCCCCCCCCCOCC(COP(=O)(O)OCCN)OC(=O)CCCCCCC. The predicted octanol–water partition coefficient (Wildman–Crippen LogP) is 9.41. The summed E-state index contributed by atoms with van der Waals surface area (Å²) in [5, 5.41) is 0. The minimum atomic E-state index is -4.25. The van der Waals surface area contributed by atoms with Crippen LogP contribution in [0.2, 0.25) is 0 Å². The Kier molecular flexibility index (Phi) is 31.5. The fourth-order valence-electron chi connectivity index (χ4n) is 4.94. The van der Waals surface area contributed by atoms with Crippen molar-refractivity contribution in [3.05, 3.63) is 0 Å². The molecule has 0 rings (SSSR count). The summed E-state index contributed by atoms with van der Waals surface area (Å²) in [4.78, 5) is 22.0. The second-order valence-corrected chi connectivity index (χ2v) is 13.2. The smallest absolute Gasteiger partial charge is 0.457 e. The number of esters is 1. The molecule has 0 saturated carbocycles. The molecular formula is C33H68NO7P. The summed E-state index contributed by atoms with van der Waals surface area (Å²) in [7, 11) is -4.25. The Hall–Kier alpha value is -0.500. The van der Waals surface area contributed by atoms with Crippen LogP contribution in [0, 0.1) is 0 Å². The molecule has 0 saturated heterocycles. The van der Waals surface area contributed by atoms with Crippen molar-refractivity contribution in [2.45, 2.75) is 174 Å². The van der Waals surface area contributed by atoms with Crippen LogP contribution in [0.5, 0.6) is 0 Å². The van der Waals surface area contributed by atoms with E-state index in [-0.39, 0.29) is 32.3 Å². The molecule has 0 bridgehead atoms. The van der Waals surface area contributed by atoms with Gasteiger partial charge >= 0.3 is 13.8 Å². The van der Waals surface area contributed by atoms with Crippen molar-refractivity contribution in [1.82, 2.24) is 0 Å². The Bertz CT molecular complexity index is 623. The molecule has 9 heteroatoms. The molecule has 0 aliphatic carbocycles. The first-order valence-electron chi connectivity index (χ1n) is 17.5. The lowest BCUT2D eigenvalue weighted by molar-refractivity contribution is -0.154. The molecule has 0 aliphatic heterocycles. The van der Waals surface area contributed by atoms with Gasteiger partial charge in [-0.15, -0.1) is 0 Å². The van der Waals surface area contributed by atoms with E-state index in [1.54, 1.807) is 0 Å². The molecule has 8 nitrogen and oxygen atoms in total. The standard InChI is InChI=1S/C33H68NO7P/c1-3-5-7-9-10-11-12-13-14-15-16-17-18-19-20-21-23-25-28-38-30-32(31-40-42(36,37)39-29-27-34)41-33(35)26-24-22-8-6-4-2/h32H,3-31,34H2,1-2H3,(H,36,37). The van der Waals surface area contributed by atoms with Gasteiger partial charge < -0.3 is 20.1 Å². The summed E-state index contributed by atoms with van der Waals surface area (Å²) in [6.07, 6.45) is 28.7. The zero-order valence-corrected chi connectivity index (χ0v) is 28.4. The topological polar surface area (TPSA) is 117 Å². The van der Waals surface area contributed by atoms with Gasteiger partial charge in [-0.1, -0.05) is 149 Å². The van der Waals surface area contributed by atoms with Gasteiger partial charge in [-0.2, -0.15) is 0 Å². The fraction of sp³-hybridized carbons (Fsp3) is 0.970. The molecule has 252 valence electrons. The maximum Gasteiger partial charge on any atom is 0.472 e. The van der Waals surface area contributed by atoms with Crippen molar-refractivity contribution in [2.24, 2.45) is 5.73 Å². The third-order valence-electron chi connectivity index (χ3n) is 7.52. The number of carbonyl (C=O) groups excluding carboxylic acids is 1. The molecule has 0 spiro atoms. The van der Waals surface area contributed by atoms with Crippen LogP contribution in [0.15, 0.2) is 0 Å². The van der Waals surface area contributed by atoms with Gasteiger partial charge in [0.1, 0.15) is 6.10 Å². The van der Waals surface area contributed by atoms with Crippen molar-refractivity contribution in [3.8, 4) is 0 Å². The van der Waals surface area contributed by atoms with Gasteiger partial charge in [-0.25, -0.2) is 4.57 Å². The molecule has 0 aromatic rings. The van der Waals surface area contributed by atoms with Gasteiger partial charge in [0.05, 0.1) is 19.8 Å². The fourth-order valence-corrected chi connectivity index (χ4v) is 5.70. The van der Waals surface area contributed by atoms with Gasteiger partial charge in [-0.3, -0.25) is 13.8 Å². The minimum Gasteiger partial charge on any atom is -0.457 e. The van der Waals surface area contributed by atoms with Crippen LogP contribution < -0.4 is 5.73 Å². The van der Waals surface area contributed by atoms with Crippen LogP contribution in [-0.2, 0) is 27.9 Å². The van der Waals surface area contributed by atoms with E-state index >= 15 is 0 Å². The average molecular weight is 622 g/mol. The lowest BCUT2D eigenvalue weighted by Gasteiger charge is -2.20. The molecule has 2 unspecified atom stereocenters. The van der Waals surface area contributed by atoms with Crippen LogP contribution in [0.1, 0.15) is 168 Å². The molecule has 0 radical (unpaired) electrons. The molecule has 0 aromatic heterocycles. The van der Waals surface area contributed by atoms with Crippen LogP contribution in [-0.4, -0.2) is 49.9 Å². The second kappa shape index (κ2) is 31.9. The summed E-state index contributed by atoms with van der Waals surface area (Å²) in [6, 6.07) is 0. The number of unbranched alkanes of at least 4 members (excludes halogenated alkanes) is 21. The Morgan fingerprint density at radius 1 is 0.619 bits per heavy atom. The summed E-state index contributed by atoms with van der Waals surface area (Å²) >= 11 is 0. The monoisotopic (exact) mass is 621 g/mol. The minimum absolute atomic E-state index is 0.0914. The first-order chi connectivity index (χ1) is 20.4. The van der Waals surface area contributed by atoms with E-state index in [1.165, 1.54) is 103 Å². The quantitative estimate of drug-likeness (QED) is 0.0414. The van der Waals surface area contributed by atoms with E-state index in [1.807, 2.05) is 0 Å². The lowest BCUT2D eigenvalue weighted by atomic mass is 10.0. The number of hydrogen-bond acceptors (Lipinski definition) is 7. The number of carbonyl (C=O) groups is 1. The van der Waals surface area contributed by atoms with E-state index in [9.17, 15) is 14.3 Å². The average Bonchev–Trinajstić information content (AvgIpc) is 2.97. The third-order valence-corrected chi connectivity index (χ3v) is 8.51. The predicted molar refractivity (Wildman–Crippen MR) is 174 cm³/mol. The highest BCUT2D eigenvalue weighted by molar-refractivity contribution is 7.47. The molecule has 3 N–H and O–H groups in total. The highest BCUT2D eigenvalue weighted by Gasteiger charge is 2.25. The van der Waals surface area contributed by atoms with Crippen molar-refractivity contribution in [3.63, 3.8) is 0 Å². The van der Waals surface area contributed by atoms with Crippen LogP contribution in [0.25, 0.3) is 0 Å². The maximum atomic E-state index is 12.3. The highest BCUT2D eigenvalue weighted by atomic mass is 31.2. The molecule has 0 amide bonds. The Labute approximate surface area is 259 Å². The van der Waals surface area contributed by atoms with E-state index < -0.39 is 13.9 Å². The van der Waals surface area contributed by atoms with Gasteiger partial charge in [0.15, 0.2) is 0 Å². The largest absolute Gasteiger partial charge is 0.472 e. The first-order valence-corrected chi connectivity index (χ1v) is 19.0. The first kappa shape index (κ1) is 41.5. The Morgan fingerprint density at radius 2 is 1.05 bits per heavy atom. The summed E-state index contributed by atoms with van der Waals surface area (Å²) in [5.41, 5.74) is 5.32. The van der Waals surface area contributed by atoms with Crippen molar-refractivity contribution in [2.75, 3.05) is 33.0 Å². The molecule has 0 aromatic carbocycles. The number of rotatable bonds is 34. The van der Waals surface area contributed by atoms with Gasteiger partial charge in [-0.05, 0) is 12.8 Å². The van der Waals surface area contributed by atoms with Gasteiger partial charge in [0.25, 0.3) is 0 Å². The number of ether oxygens (including phenoxy) is 2. The summed E-state index contributed by atoms with van der Waals surface area (Å²) < 4.78 is 33.0. The van der Waals surface area contributed by atoms with E-state index in [0.29, 0.717) is 13.0 Å². The van der Waals surface area contributed by atoms with E-state index in [4.69, 9.17) is 24.3 Å². The van der Waals surface area contributed by atoms with Gasteiger partial charge in [0.2, 0.25) is 0 Å². The molecular weight excluding hydrogens is 553 g/mol. The van der Waals surface area contributed by atoms with Crippen LogP contribution in [0.3, 0.4) is 0 Å². The second-order valence-electron chi connectivity index (χ2n) is 11.7. The molecule has 0 fully saturated rings. The normalized spacial score (nSPS) is 13.7. The van der Waals surface area contributed by atoms with E-state index in [2.05, 4.69) is 13.8 Å². The zero-order chi connectivity index (χ0) is 31.0. The van der Waals surface area contributed by atoms with Crippen molar-refractivity contribution < 1.29 is 32.8 Å². The third kappa shape index (κ3) is 30.9. The highest BCUT2D eigenvalue weighted by Crippen LogP contribution is 2.43. The van der Waals surface area contributed by atoms with Crippen molar-refractivity contribution in [1.29, 1.82) is 0 Å². The molecule has 2 atom stereocenters. The zero-order valence-electron chi connectivity index (χ0n) is 27.5. The number of phosphoric acid groups is 1. The van der Waals surface area contributed by atoms with Crippen LogP contribution in [0.4, 0.5) is 0 Å². The summed E-state index contributed by atoms with van der Waals surface area (Å²) in [5.74, 6) is -0.340. The Morgan fingerprint density at radius 3 is 1.50 bits per heavy atom. The van der Waals surface area contributed by atoms with Crippen molar-refractivity contribution >= 4 is 13.8 Å². The maximum absolute atomic E-state index is 12.3. The lowest BCUT2D eigenvalue weighted by Crippen LogP contribution is -2.28. The number of phosphoric ester groups is 1. The molecule has 0 heterocycles. The number of nitrogens with two attached hydrogens (primary N) is 1. The van der Waals surface area contributed by atoms with E-state index in [0.717, 1.165) is 44.9 Å². The summed E-state index contributed by atoms with van der Waals surface area (Å²) in [6.45, 7) is 4.86. The van der Waals surface area contributed by atoms with Gasteiger partial charge in [0, 0.05) is 19.6 Å². The molecule has 0 aliphatic rings.